The monoisotopic (exact) mass is 440 g/mol. The molecule has 32 heavy (non-hydrogen) atoms. The second kappa shape index (κ2) is 10.0. The highest BCUT2D eigenvalue weighted by Crippen LogP contribution is 2.40. The SMILES string of the molecule is CCCCc1c([C@@H]2O[C@H](CO)[C@@H](O)[C@H](O)[C@H]2O)cc(Cc2ccc(C)cc2)c2c1CCC2. The first-order valence-electron chi connectivity index (χ1n) is 12.0. The van der Waals surface area contributed by atoms with E-state index in [9.17, 15) is 20.4 Å². The number of unbranched alkanes of at least 4 members (excludes halogenated alkanes) is 1. The summed E-state index contributed by atoms with van der Waals surface area (Å²) in [7, 11) is 0. The molecule has 0 unspecified atom stereocenters. The molecular weight excluding hydrogens is 404 g/mol. The molecule has 1 aliphatic heterocycles. The van der Waals surface area contributed by atoms with Crippen molar-refractivity contribution >= 4 is 0 Å². The van der Waals surface area contributed by atoms with Gasteiger partial charge >= 0.3 is 0 Å². The molecule has 2 aromatic rings. The summed E-state index contributed by atoms with van der Waals surface area (Å²) >= 11 is 0. The van der Waals surface area contributed by atoms with Crippen molar-refractivity contribution in [2.75, 3.05) is 6.61 Å². The van der Waals surface area contributed by atoms with Gasteiger partial charge in [0.2, 0.25) is 0 Å². The average molecular weight is 441 g/mol. The molecule has 0 amide bonds. The van der Waals surface area contributed by atoms with Crippen molar-refractivity contribution in [3.63, 3.8) is 0 Å². The summed E-state index contributed by atoms with van der Waals surface area (Å²) in [6, 6.07) is 10.7. The number of aryl methyl sites for hydroxylation is 1. The highest BCUT2D eigenvalue weighted by atomic mass is 16.5. The number of rotatable bonds is 7. The predicted molar refractivity (Wildman–Crippen MR) is 124 cm³/mol. The van der Waals surface area contributed by atoms with E-state index in [0.29, 0.717) is 0 Å². The van der Waals surface area contributed by atoms with E-state index < -0.39 is 37.1 Å². The minimum atomic E-state index is -1.36. The maximum Gasteiger partial charge on any atom is 0.113 e. The molecule has 1 aliphatic carbocycles. The van der Waals surface area contributed by atoms with E-state index in [1.54, 1.807) is 0 Å². The lowest BCUT2D eigenvalue weighted by atomic mass is 9.82. The van der Waals surface area contributed by atoms with Crippen molar-refractivity contribution in [3.8, 4) is 0 Å². The highest BCUT2D eigenvalue weighted by molar-refractivity contribution is 5.51. The van der Waals surface area contributed by atoms with Gasteiger partial charge in [-0.05, 0) is 78.8 Å². The predicted octanol–water partition coefficient (Wildman–Crippen LogP) is 2.93. The van der Waals surface area contributed by atoms with E-state index in [0.717, 1.165) is 50.5 Å². The van der Waals surface area contributed by atoms with Gasteiger partial charge in [-0.15, -0.1) is 0 Å². The molecule has 0 radical (unpaired) electrons. The maximum atomic E-state index is 10.9. The summed E-state index contributed by atoms with van der Waals surface area (Å²) in [4.78, 5) is 0. The van der Waals surface area contributed by atoms with E-state index in [2.05, 4.69) is 44.2 Å². The summed E-state index contributed by atoms with van der Waals surface area (Å²) in [6.45, 7) is 3.84. The van der Waals surface area contributed by atoms with Gasteiger partial charge < -0.3 is 25.2 Å². The molecule has 4 rings (SSSR count). The third-order valence-corrected chi connectivity index (χ3v) is 7.14. The standard InChI is InChI=1S/C27H36O5/c1-3-4-6-21-20-8-5-7-19(20)18(13-17-11-9-16(2)10-12-17)14-22(21)27-26(31)25(30)24(29)23(15-28)32-27/h9-12,14,23-31H,3-8,13,15H2,1-2H3/t23-,24-,25+,26-,27+/m1/s1. The first-order chi connectivity index (χ1) is 15.4. The molecule has 1 heterocycles. The normalized spacial score (nSPS) is 27.5. The largest absolute Gasteiger partial charge is 0.394 e. The number of ether oxygens (including phenoxy) is 1. The van der Waals surface area contributed by atoms with Crippen LogP contribution in [0.25, 0.3) is 0 Å². The fraction of sp³-hybridized carbons (Fsp3) is 0.556. The number of fused-ring (bicyclic) bond motifs is 1. The van der Waals surface area contributed by atoms with Crippen LogP contribution in [0.15, 0.2) is 30.3 Å². The second-order valence-electron chi connectivity index (χ2n) is 9.43. The summed E-state index contributed by atoms with van der Waals surface area (Å²) < 4.78 is 6.01. The molecule has 1 saturated heterocycles. The third kappa shape index (κ3) is 4.50. The minimum absolute atomic E-state index is 0.410. The number of hydrogen-bond donors (Lipinski definition) is 4. The Bertz CT molecular complexity index is 921. The molecule has 0 spiro atoms. The van der Waals surface area contributed by atoms with E-state index in [1.165, 1.54) is 33.4 Å². The molecular formula is C27H36O5. The van der Waals surface area contributed by atoms with Crippen molar-refractivity contribution in [1.82, 2.24) is 0 Å². The van der Waals surface area contributed by atoms with E-state index in [1.807, 2.05) is 0 Å². The summed E-state index contributed by atoms with van der Waals surface area (Å²) in [5.74, 6) is 0. The first kappa shape index (κ1) is 23.4. The van der Waals surface area contributed by atoms with Crippen LogP contribution in [0.5, 0.6) is 0 Å². The van der Waals surface area contributed by atoms with Crippen molar-refractivity contribution < 1.29 is 25.2 Å². The van der Waals surface area contributed by atoms with Crippen LogP contribution in [-0.4, -0.2) is 51.4 Å². The van der Waals surface area contributed by atoms with Gasteiger partial charge in [-0.25, -0.2) is 0 Å². The smallest absolute Gasteiger partial charge is 0.113 e. The fourth-order valence-corrected chi connectivity index (χ4v) is 5.31. The molecule has 2 aromatic carbocycles. The number of aliphatic hydroxyl groups excluding tert-OH is 4. The van der Waals surface area contributed by atoms with Crippen LogP contribution >= 0.6 is 0 Å². The van der Waals surface area contributed by atoms with Gasteiger partial charge in [0.05, 0.1) is 6.61 Å². The minimum Gasteiger partial charge on any atom is -0.394 e. The van der Waals surface area contributed by atoms with Gasteiger partial charge in [0.25, 0.3) is 0 Å². The molecule has 1 fully saturated rings. The Hall–Kier alpha value is -1.76. The molecule has 5 heteroatoms. The Kier molecular flexibility index (Phi) is 7.33. The van der Waals surface area contributed by atoms with Crippen molar-refractivity contribution in [2.24, 2.45) is 0 Å². The lowest BCUT2D eigenvalue weighted by Crippen LogP contribution is -2.55. The number of benzene rings is 2. The van der Waals surface area contributed by atoms with Gasteiger partial charge in [0.15, 0.2) is 0 Å². The van der Waals surface area contributed by atoms with Gasteiger partial charge in [-0.2, -0.15) is 0 Å². The molecule has 5 nitrogen and oxygen atoms in total. The quantitative estimate of drug-likeness (QED) is 0.532. The van der Waals surface area contributed by atoms with Crippen LogP contribution in [0.2, 0.25) is 0 Å². The summed E-state index contributed by atoms with van der Waals surface area (Å²) in [5, 5.41) is 41.3. The van der Waals surface area contributed by atoms with E-state index in [4.69, 9.17) is 4.74 Å². The number of hydrogen-bond acceptors (Lipinski definition) is 5. The molecule has 174 valence electrons. The van der Waals surface area contributed by atoms with E-state index >= 15 is 0 Å². The zero-order valence-corrected chi connectivity index (χ0v) is 19.1. The third-order valence-electron chi connectivity index (χ3n) is 7.14. The Labute approximate surface area is 190 Å². The molecule has 0 aromatic heterocycles. The molecule has 5 atom stereocenters. The lowest BCUT2D eigenvalue weighted by Gasteiger charge is -2.41. The van der Waals surface area contributed by atoms with Crippen LogP contribution in [0.4, 0.5) is 0 Å². The Morgan fingerprint density at radius 2 is 1.69 bits per heavy atom. The van der Waals surface area contributed by atoms with Crippen LogP contribution < -0.4 is 0 Å². The van der Waals surface area contributed by atoms with E-state index in [-0.39, 0.29) is 0 Å². The van der Waals surface area contributed by atoms with Gasteiger partial charge in [-0.3, -0.25) is 0 Å². The topological polar surface area (TPSA) is 90.2 Å². The second-order valence-corrected chi connectivity index (χ2v) is 9.43. The highest BCUT2D eigenvalue weighted by Gasteiger charge is 2.45. The van der Waals surface area contributed by atoms with Crippen LogP contribution in [0.1, 0.15) is 71.2 Å². The summed E-state index contributed by atoms with van der Waals surface area (Å²) in [6.07, 6.45) is 1.37. The van der Waals surface area contributed by atoms with Gasteiger partial charge in [0, 0.05) is 0 Å². The summed E-state index contributed by atoms with van der Waals surface area (Å²) in [5.41, 5.74) is 8.63. The van der Waals surface area contributed by atoms with Gasteiger partial charge in [0.1, 0.15) is 30.5 Å². The first-order valence-corrected chi connectivity index (χ1v) is 12.0. The molecule has 2 aliphatic rings. The van der Waals surface area contributed by atoms with Crippen LogP contribution in [0, 0.1) is 6.92 Å². The molecule has 0 bridgehead atoms. The Morgan fingerprint density at radius 3 is 2.38 bits per heavy atom. The van der Waals surface area contributed by atoms with Crippen molar-refractivity contribution in [2.45, 2.75) is 89.3 Å². The lowest BCUT2D eigenvalue weighted by molar-refractivity contribution is -0.231. The van der Waals surface area contributed by atoms with Gasteiger partial charge in [-0.1, -0.05) is 49.2 Å². The average Bonchev–Trinajstić information content (AvgIpc) is 3.29. The van der Waals surface area contributed by atoms with Crippen LogP contribution in [-0.2, 0) is 30.4 Å². The molecule has 0 saturated carbocycles. The fourth-order valence-electron chi connectivity index (χ4n) is 5.31. The van der Waals surface area contributed by atoms with Crippen molar-refractivity contribution in [1.29, 1.82) is 0 Å². The Morgan fingerprint density at radius 1 is 0.969 bits per heavy atom. The zero-order valence-electron chi connectivity index (χ0n) is 19.1. The molecule has 4 N–H and O–H groups in total. The maximum absolute atomic E-state index is 10.9. The Balaban J connectivity index is 1.79. The van der Waals surface area contributed by atoms with Crippen molar-refractivity contribution in [3.05, 3.63) is 69.3 Å². The zero-order chi connectivity index (χ0) is 22.8. The van der Waals surface area contributed by atoms with Crippen LogP contribution in [0.3, 0.4) is 0 Å². The number of aliphatic hydroxyl groups is 4.